The monoisotopic (exact) mass is 514 g/mol. The lowest BCUT2D eigenvalue weighted by Gasteiger charge is -2.26. The molecule has 0 unspecified atom stereocenters. The first kappa shape index (κ1) is 26.4. The Kier molecular flexibility index (Phi) is 8.37. The fourth-order valence-electron chi connectivity index (χ4n) is 5.27. The van der Waals surface area contributed by atoms with Crippen molar-refractivity contribution < 1.29 is 14.3 Å². The molecule has 1 amide bonds. The van der Waals surface area contributed by atoms with Crippen LogP contribution in [0.5, 0.6) is 0 Å². The van der Waals surface area contributed by atoms with Crippen LogP contribution in [0.25, 0.3) is 11.1 Å². The molecule has 2 atom stereocenters. The van der Waals surface area contributed by atoms with Crippen molar-refractivity contribution in [1.29, 1.82) is 0 Å². The zero-order valence-corrected chi connectivity index (χ0v) is 22.4. The first-order valence-corrected chi connectivity index (χ1v) is 13.6. The van der Waals surface area contributed by atoms with E-state index in [2.05, 4.69) is 71.5 Å². The molecule has 1 aliphatic heterocycles. The molecule has 38 heavy (non-hydrogen) atoms. The van der Waals surface area contributed by atoms with Gasteiger partial charge in [-0.25, -0.2) is 4.98 Å². The molecule has 5 rings (SSSR count). The largest absolute Gasteiger partial charge is 0.383 e. The highest BCUT2D eigenvalue weighted by Gasteiger charge is 2.30. The number of pyridine rings is 1. The van der Waals surface area contributed by atoms with E-state index in [1.54, 1.807) is 6.20 Å². The van der Waals surface area contributed by atoms with Crippen molar-refractivity contribution in [2.75, 3.05) is 32.0 Å². The van der Waals surface area contributed by atoms with Gasteiger partial charge in [0, 0.05) is 31.4 Å². The lowest BCUT2D eigenvalue weighted by Crippen LogP contribution is -2.41. The second-order valence-corrected chi connectivity index (χ2v) is 10.5. The molecule has 1 aliphatic carbocycles. The van der Waals surface area contributed by atoms with Gasteiger partial charge in [-0.05, 0) is 67.0 Å². The number of hydrogen-bond acceptors (Lipinski definition) is 6. The highest BCUT2D eigenvalue weighted by atomic mass is 16.5. The minimum Gasteiger partial charge on any atom is -0.383 e. The van der Waals surface area contributed by atoms with Crippen molar-refractivity contribution in [1.82, 2.24) is 15.2 Å². The van der Waals surface area contributed by atoms with E-state index in [1.807, 2.05) is 6.07 Å². The summed E-state index contributed by atoms with van der Waals surface area (Å²) >= 11 is 0. The fraction of sp³-hybridized carbons (Fsp3) is 0.419. The van der Waals surface area contributed by atoms with Gasteiger partial charge in [0.1, 0.15) is 5.82 Å². The zero-order valence-electron chi connectivity index (χ0n) is 22.4. The molecule has 2 fully saturated rings. The van der Waals surface area contributed by atoms with Crippen LogP contribution < -0.4 is 11.1 Å². The van der Waals surface area contributed by atoms with Crippen molar-refractivity contribution in [2.45, 2.75) is 58.4 Å². The Morgan fingerprint density at radius 1 is 1.03 bits per heavy atom. The second kappa shape index (κ2) is 12.1. The fourth-order valence-corrected chi connectivity index (χ4v) is 5.27. The lowest BCUT2D eigenvalue weighted by molar-refractivity contribution is 0.0272. The smallest absolute Gasteiger partial charge is 0.255 e. The van der Waals surface area contributed by atoms with Crippen molar-refractivity contribution >= 4 is 11.7 Å². The number of rotatable bonds is 8. The quantitative estimate of drug-likeness (QED) is 0.455. The van der Waals surface area contributed by atoms with Gasteiger partial charge < -0.3 is 20.5 Å². The van der Waals surface area contributed by atoms with E-state index >= 15 is 0 Å². The summed E-state index contributed by atoms with van der Waals surface area (Å²) < 4.78 is 11.7. The van der Waals surface area contributed by atoms with E-state index in [1.165, 1.54) is 16.7 Å². The van der Waals surface area contributed by atoms with Crippen molar-refractivity contribution in [3.8, 4) is 11.1 Å². The minimum absolute atomic E-state index is 0.0167. The van der Waals surface area contributed by atoms with Crippen molar-refractivity contribution in [3.63, 3.8) is 0 Å². The summed E-state index contributed by atoms with van der Waals surface area (Å²) in [5, 5.41) is 3.18. The number of morpholine rings is 1. The maximum atomic E-state index is 13.3. The number of carbonyl (C=O) groups excluding carboxylic acids is 1. The first-order valence-electron chi connectivity index (χ1n) is 13.6. The maximum Gasteiger partial charge on any atom is 0.255 e. The highest BCUT2D eigenvalue weighted by molar-refractivity contribution is 5.99. The molecule has 200 valence electrons. The van der Waals surface area contributed by atoms with E-state index in [0.29, 0.717) is 12.2 Å². The van der Waals surface area contributed by atoms with Crippen molar-refractivity contribution in [2.24, 2.45) is 0 Å². The third kappa shape index (κ3) is 6.41. The molecule has 3 N–H and O–H groups in total. The van der Waals surface area contributed by atoms with E-state index in [0.717, 1.165) is 68.8 Å². The molecule has 7 nitrogen and oxygen atoms in total. The Bertz CT molecular complexity index is 1250. The van der Waals surface area contributed by atoms with E-state index in [4.69, 9.17) is 15.2 Å². The zero-order chi connectivity index (χ0) is 26.5. The molecule has 2 aliphatic rings. The molecule has 3 aromatic rings. The molecule has 1 saturated carbocycles. The molecular weight excluding hydrogens is 476 g/mol. The van der Waals surface area contributed by atoms with E-state index in [9.17, 15) is 4.79 Å². The molecule has 0 radical (unpaired) electrons. The third-order valence-electron chi connectivity index (χ3n) is 7.76. The van der Waals surface area contributed by atoms with Crippen molar-refractivity contribution in [3.05, 3.63) is 82.5 Å². The first-order chi connectivity index (χ1) is 18.5. The number of nitrogen functional groups attached to an aromatic ring is 1. The molecule has 0 bridgehead atoms. The lowest BCUT2D eigenvalue weighted by atomic mass is 10.0. The average molecular weight is 515 g/mol. The summed E-state index contributed by atoms with van der Waals surface area (Å²) in [5.74, 6) is 0.0354. The number of nitrogens with two attached hydrogens (primary N) is 1. The van der Waals surface area contributed by atoms with Crippen LogP contribution in [0.4, 0.5) is 5.82 Å². The Morgan fingerprint density at radius 3 is 2.55 bits per heavy atom. The number of carbonyl (C=O) groups is 1. The van der Waals surface area contributed by atoms with Crippen LogP contribution in [0.15, 0.2) is 54.7 Å². The standard InChI is InChI=1S/C31H38N4O3/c1-21-6-7-24(16-22(21)2)20-38-29-5-3-4-28(29)34-31(36)27-17-26(18-33-30(27)32)25-10-8-23(9-11-25)19-35-12-14-37-15-13-35/h6-11,16-18,28-29H,3-5,12-15,19-20H2,1-2H3,(H2,32,33)(H,34,36)/t28-,29-/m0/s1. The van der Waals surface area contributed by atoms with Gasteiger partial charge in [-0.2, -0.15) is 0 Å². The van der Waals surface area contributed by atoms with Gasteiger partial charge in [-0.3, -0.25) is 9.69 Å². The van der Waals surface area contributed by atoms with Crippen LogP contribution in [0.1, 0.15) is 51.9 Å². The highest BCUT2D eigenvalue weighted by Crippen LogP contribution is 2.26. The van der Waals surface area contributed by atoms with Gasteiger partial charge in [0.25, 0.3) is 5.91 Å². The molecule has 7 heteroatoms. The van der Waals surface area contributed by atoms with E-state index < -0.39 is 0 Å². The number of anilines is 1. The van der Waals surface area contributed by atoms with Crippen LogP contribution in [-0.4, -0.2) is 54.2 Å². The number of nitrogens with zero attached hydrogens (tertiary/aromatic N) is 2. The number of amides is 1. The predicted molar refractivity (Wildman–Crippen MR) is 150 cm³/mol. The second-order valence-electron chi connectivity index (χ2n) is 10.5. The molecule has 2 aromatic carbocycles. The Morgan fingerprint density at radius 2 is 1.79 bits per heavy atom. The third-order valence-corrected chi connectivity index (χ3v) is 7.76. The summed E-state index contributed by atoms with van der Waals surface area (Å²) in [4.78, 5) is 20.0. The summed E-state index contributed by atoms with van der Waals surface area (Å²) in [6, 6.07) is 16.6. The maximum absolute atomic E-state index is 13.3. The molecular formula is C31H38N4O3. The van der Waals surface area contributed by atoms with E-state index in [-0.39, 0.29) is 23.9 Å². The summed E-state index contributed by atoms with van der Waals surface area (Å²) in [6.07, 6.45) is 4.56. The molecule has 1 aromatic heterocycles. The Balaban J connectivity index is 1.22. The van der Waals surface area contributed by atoms with Crippen LogP contribution in [0.2, 0.25) is 0 Å². The number of benzene rings is 2. The Labute approximate surface area is 225 Å². The number of nitrogens with one attached hydrogen (secondary N) is 1. The van der Waals surface area contributed by atoms with Gasteiger partial charge in [-0.15, -0.1) is 0 Å². The number of aryl methyl sites for hydroxylation is 2. The predicted octanol–water partition coefficient (Wildman–Crippen LogP) is 4.65. The van der Waals surface area contributed by atoms with Crippen LogP contribution in [0, 0.1) is 13.8 Å². The van der Waals surface area contributed by atoms with Gasteiger partial charge in [0.2, 0.25) is 0 Å². The summed E-state index contributed by atoms with van der Waals surface area (Å²) in [7, 11) is 0. The Hall–Kier alpha value is -3.26. The number of aromatic nitrogens is 1. The summed E-state index contributed by atoms with van der Waals surface area (Å²) in [6.45, 7) is 9.18. The molecule has 2 heterocycles. The van der Waals surface area contributed by atoms with Crippen LogP contribution in [0.3, 0.4) is 0 Å². The molecule has 0 spiro atoms. The van der Waals surface area contributed by atoms with Crippen LogP contribution in [-0.2, 0) is 22.6 Å². The molecule has 1 saturated heterocycles. The summed E-state index contributed by atoms with van der Waals surface area (Å²) in [5.41, 5.74) is 13.4. The SMILES string of the molecule is Cc1ccc(CO[C@H]2CCC[C@@H]2NC(=O)c2cc(-c3ccc(CN4CCOCC4)cc3)cnc2N)cc1C. The topological polar surface area (TPSA) is 89.7 Å². The number of hydrogen-bond donors (Lipinski definition) is 2. The van der Waals surface area contributed by atoms with Gasteiger partial charge >= 0.3 is 0 Å². The normalized spacial score (nSPS) is 19.9. The van der Waals surface area contributed by atoms with Gasteiger partial charge in [0.05, 0.1) is 37.5 Å². The minimum atomic E-state index is -0.201. The average Bonchev–Trinajstić information content (AvgIpc) is 3.37. The van der Waals surface area contributed by atoms with Gasteiger partial charge in [0.15, 0.2) is 0 Å². The van der Waals surface area contributed by atoms with Gasteiger partial charge in [-0.1, -0.05) is 42.5 Å². The van der Waals surface area contributed by atoms with Crippen LogP contribution >= 0.6 is 0 Å². The number of ether oxygens (including phenoxy) is 2.